The third-order valence-corrected chi connectivity index (χ3v) is 3.21. The molecule has 1 N–H and O–H groups in total. The second-order valence-electron chi connectivity index (χ2n) is 4.70. The molecule has 1 aromatic rings. The standard InChI is InChI=1S/C14H15NO4/c16-12(7-14(18)19)11-6-13(17)15(9-11)8-10-4-2-1-3-5-10/h1-5,11H,6-9H2,(H,18,19). The zero-order valence-electron chi connectivity index (χ0n) is 10.4. The number of aliphatic carboxylic acids is 1. The molecule has 0 bridgehead atoms. The highest BCUT2D eigenvalue weighted by atomic mass is 16.4. The number of nitrogens with zero attached hydrogens (tertiary/aromatic N) is 1. The van der Waals surface area contributed by atoms with Crippen LogP contribution in [0.25, 0.3) is 0 Å². The normalized spacial score (nSPS) is 18.6. The van der Waals surface area contributed by atoms with Crippen LogP contribution in [-0.4, -0.2) is 34.2 Å². The van der Waals surface area contributed by atoms with E-state index in [1.807, 2.05) is 30.3 Å². The van der Waals surface area contributed by atoms with Crippen molar-refractivity contribution in [3.8, 4) is 0 Å². The Morgan fingerprint density at radius 1 is 1.26 bits per heavy atom. The molecule has 0 aromatic heterocycles. The van der Waals surface area contributed by atoms with Gasteiger partial charge in [-0.15, -0.1) is 0 Å². The topological polar surface area (TPSA) is 74.7 Å². The summed E-state index contributed by atoms with van der Waals surface area (Å²) < 4.78 is 0. The molecule has 2 rings (SSSR count). The van der Waals surface area contributed by atoms with Crippen LogP contribution in [0.5, 0.6) is 0 Å². The summed E-state index contributed by atoms with van der Waals surface area (Å²) in [5.41, 5.74) is 1.00. The quantitative estimate of drug-likeness (QED) is 0.805. The molecule has 1 aromatic carbocycles. The van der Waals surface area contributed by atoms with Crippen molar-refractivity contribution in [1.82, 2.24) is 4.90 Å². The molecule has 1 aliphatic rings. The van der Waals surface area contributed by atoms with Gasteiger partial charge in [-0.1, -0.05) is 30.3 Å². The van der Waals surface area contributed by atoms with Crippen LogP contribution in [0.1, 0.15) is 18.4 Å². The number of ketones is 1. The minimum Gasteiger partial charge on any atom is -0.481 e. The highest BCUT2D eigenvalue weighted by Crippen LogP contribution is 2.21. The molecule has 1 saturated heterocycles. The van der Waals surface area contributed by atoms with Gasteiger partial charge in [0.2, 0.25) is 5.91 Å². The molecule has 1 heterocycles. The van der Waals surface area contributed by atoms with E-state index < -0.39 is 18.3 Å². The Kier molecular flexibility index (Phi) is 3.94. The number of carbonyl (C=O) groups is 3. The lowest BCUT2D eigenvalue weighted by Crippen LogP contribution is -2.26. The molecule has 0 radical (unpaired) electrons. The summed E-state index contributed by atoms with van der Waals surface area (Å²) in [5.74, 6) is -2.07. The predicted octanol–water partition coefficient (Wildman–Crippen LogP) is 1.08. The Labute approximate surface area is 110 Å². The largest absolute Gasteiger partial charge is 0.481 e. The number of rotatable bonds is 5. The van der Waals surface area contributed by atoms with E-state index in [2.05, 4.69) is 0 Å². The number of Topliss-reactive ketones (excluding diaryl/α,β-unsaturated/α-hetero) is 1. The highest BCUT2D eigenvalue weighted by molar-refractivity contribution is 5.99. The maximum atomic E-state index is 11.8. The maximum absolute atomic E-state index is 11.8. The van der Waals surface area contributed by atoms with E-state index >= 15 is 0 Å². The first-order valence-corrected chi connectivity index (χ1v) is 6.12. The molecule has 1 amide bonds. The average Bonchev–Trinajstić information content (AvgIpc) is 2.72. The van der Waals surface area contributed by atoms with E-state index in [1.54, 1.807) is 4.90 Å². The van der Waals surface area contributed by atoms with Gasteiger partial charge in [0, 0.05) is 25.4 Å². The molecule has 1 fully saturated rings. The molecule has 1 aliphatic heterocycles. The van der Waals surface area contributed by atoms with Gasteiger partial charge in [-0.25, -0.2) is 0 Å². The van der Waals surface area contributed by atoms with Crippen molar-refractivity contribution < 1.29 is 19.5 Å². The monoisotopic (exact) mass is 261 g/mol. The Morgan fingerprint density at radius 3 is 2.58 bits per heavy atom. The average molecular weight is 261 g/mol. The summed E-state index contributed by atoms with van der Waals surface area (Å²) in [6.45, 7) is 0.788. The summed E-state index contributed by atoms with van der Waals surface area (Å²) in [5, 5.41) is 8.59. The molecular formula is C14H15NO4. The summed E-state index contributed by atoms with van der Waals surface area (Å²) in [6.07, 6.45) is -0.379. The summed E-state index contributed by atoms with van der Waals surface area (Å²) in [7, 11) is 0. The fraction of sp³-hybridized carbons (Fsp3) is 0.357. The zero-order valence-corrected chi connectivity index (χ0v) is 10.4. The predicted molar refractivity (Wildman–Crippen MR) is 67.2 cm³/mol. The minimum absolute atomic E-state index is 0.0902. The van der Waals surface area contributed by atoms with Gasteiger partial charge in [0.25, 0.3) is 0 Å². The molecule has 100 valence electrons. The van der Waals surface area contributed by atoms with Gasteiger partial charge in [-0.2, -0.15) is 0 Å². The van der Waals surface area contributed by atoms with Crippen LogP contribution in [0.2, 0.25) is 0 Å². The van der Waals surface area contributed by atoms with Crippen molar-refractivity contribution >= 4 is 17.7 Å². The van der Waals surface area contributed by atoms with Gasteiger partial charge in [0.1, 0.15) is 12.2 Å². The SMILES string of the molecule is O=C(O)CC(=O)C1CC(=O)N(Cc2ccccc2)C1. The molecule has 1 unspecified atom stereocenters. The fourth-order valence-corrected chi connectivity index (χ4v) is 2.24. The van der Waals surface area contributed by atoms with Crippen LogP contribution in [0.15, 0.2) is 30.3 Å². The van der Waals surface area contributed by atoms with Crippen molar-refractivity contribution in [1.29, 1.82) is 0 Å². The molecule has 0 saturated carbocycles. The van der Waals surface area contributed by atoms with Gasteiger partial charge in [-0.05, 0) is 5.56 Å². The van der Waals surface area contributed by atoms with E-state index in [0.29, 0.717) is 13.1 Å². The van der Waals surface area contributed by atoms with Crippen LogP contribution < -0.4 is 0 Å². The Bertz CT molecular complexity index is 497. The van der Waals surface area contributed by atoms with Crippen LogP contribution in [-0.2, 0) is 20.9 Å². The van der Waals surface area contributed by atoms with E-state index in [-0.39, 0.29) is 18.1 Å². The molecule has 19 heavy (non-hydrogen) atoms. The number of hydrogen-bond acceptors (Lipinski definition) is 3. The number of carboxylic acid groups (broad SMARTS) is 1. The molecular weight excluding hydrogens is 246 g/mol. The number of likely N-dealkylation sites (tertiary alicyclic amines) is 1. The fourth-order valence-electron chi connectivity index (χ4n) is 2.24. The third-order valence-electron chi connectivity index (χ3n) is 3.21. The number of amides is 1. The summed E-state index contributed by atoms with van der Waals surface area (Å²) in [4.78, 5) is 35.6. The first-order chi connectivity index (χ1) is 9.06. The van der Waals surface area contributed by atoms with Crippen LogP contribution >= 0.6 is 0 Å². The smallest absolute Gasteiger partial charge is 0.310 e. The van der Waals surface area contributed by atoms with Crippen molar-refractivity contribution in [3.63, 3.8) is 0 Å². The Balaban J connectivity index is 1.96. The molecule has 0 spiro atoms. The maximum Gasteiger partial charge on any atom is 0.310 e. The van der Waals surface area contributed by atoms with Crippen molar-refractivity contribution in [2.75, 3.05) is 6.54 Å². The lowest BCUT2D eigenvalue weighted by molar-refractivity contribution is -0.141. The molecule has 1 atom stereocenters. The van der Waals surface area contributed by atoms with E-state index in [1.165, 1.54) is 0 Å². The first-order valence-electron chi connectivity index (χ1n) is 6.12. The third kappa shape index (κ3) is 3.40. The number of carbonyl (C=O) groups excluding carboxylic acids is 2. The number of carboxylic acids is 1. The van der Waals surface area contributed by atoms with Crippen molar-refractivity contribution in [2.24, 2.45) is 5.92 Å². The van der Waals surface area contributed by atoms with E-state index in [4.69, 9.17) is 5.11 Å². The van der Waals surface area contributed by atoms with Crippen molar-refractivity contribution in [2.45, 2.75) is 19.4 Å². The van der Waals surface area contributed by atoms with Gasteiger partial charge in [0.15, 0.2) is 0 Å². The van der Waals surface area contributed by atoms with Crippen LogP contribution in [0.4, 0.5) is 0 Å². The summed E-state index contributed by atoms with van der Waals surface area (Å²) >= 11 is 0. The van der Waals surface area contributed by atoms with Gasteiger partial charge >= 0.3 is 5.97 Å². The first kappa shape index (κ1) is 13.3. The van der Waals surface area contributed by atoms with Crippen molar-refractivity contribution in [3.05, 3.63) is 35.9 Å². The lowest BCUT2D eigenvalue weighted by Gasteiger charge is -2.16. The zero-order chi connectivity index (χ0) is 13.8. The second kappa shape index (κ2) is 5.65. The second-order valence-corrected chi connectivity index (χ2v) is 4.70. The van der Waals surface area contributed by atoms with E-state index in [0.717, 1.165) is 5.56 Å². The highest BCUT2D eigenvalue weighted by Gasteiger charge is 2.34. The van der Waals surface area contributed by atoms with E-state index in [9.17, 15) is 14.4 Å². The van der Waals surface area contributed by atoms with Crippen LogP contribution in [0, 0.1) is 5.92 Å². The number of hydrogen-bond donors (Lipinski definition) is 1. The van der Waals surface area contributed by atoms with Gasteiger partial charge in [0.05, 0.1) is 0 Å². The minimum atomic E-state index is -1.14. The summed E-state index contributed by atoms with van der Waals surface area (Å²) in [6, 6.07) is 9.51. The van der Waals surface area contributed by atoms with Gasteiger partial charge in [-0.3, -0.25) is 14.4 Å². The number of benzene rings is 1. The Hall–Kier alpha value is -2.17. The van der Waals surface area contributed by atoms with Crippen LogP contribution in [0.3, 0.4) is 0 Å². The molecule has 5 nitrogen and oxygen atoms in total. The molecule has 5 heteroatoms. The van der Waals surface area contributed by atoms with Gasteiger partial charge < -0.3 is 10.0 Å². The Morgan fingerprint density at radius 2 is 1.95 bits per heavy atom. The lowest BCUT2D eigenvalue weighted by atomic mass is 10.0. The molecule has 0 aliphatic carbocycles.